The number of benzene rings is 1. The predicted octanol–water partition coefficient (Wildman–Crippen LogP) is 3.46. The van der Waals surface area contributed by atoms with Crippen molar-refractivity contribution >= 4 is 17.3 Å². The van der Waals surface area contributed by atoms with Crippen LogP contribution in [0.4, 0.5) is 5.69 Å². The lowest BCUT2D eigenvalue weighted by molar-refractivity contribution is 0.463. The predicted molar refractivity (Wildman–Crippen MR) is 74.8 cm³/mol. The smallest absolute Gasteiger partial charge is 0.221 e. The zero-order valence-electron chi connectivity index (χ0n) is 10.6. The van der Waals surface area contributed by atoms with Crippen LogP contribution in [0.25, 0.3) is 0 Å². The number of halogens is 1. The van der Waals surface area contributed by atoms with Crippen LogP contribution in [-0.4, -0.2) is 19.1 Å². The number of hydrogen-bond acceptors (Lipinski definition) is 4. The van der Waals surface area contributed by atoms with Crippen molar-refractivity contribution in [2.24, 2.45) is 0 Å². The molecule has 1 heterocycles. The van der Waals surface area contributed by atoms with Crippen LogP contribution >= 0.6 is 11.6 Å². The van der Waals surface area contributed by atoms with Gasteiger partial charge in [0, 0.05) is 31.9 Å². The third kappa shape index (κ3) is 3.36. The van der Waals surface area contributed by atoms with Gasteiger partial charge in [0.15, 0.2) is 0 Å². The first-order valence-electron chi connectivity index (χ1n) is 5.61. The number of aromatic nitrogens is 1. The van der Waals surface area contributed by atoms with E-state index in [4.69, 9.17) is 21.6 Å². The minimum absolute atomic E-state index is 0.234. The molecule has 0 atom stereocenters. The van der Waals surface area contributed by atoms with Crippen molar-refractivity contribution in [2.75, 3.05) is 19.0 Å². The van der Waals surface area contributed by atoms with Gasteiger partial charge in [-0.2, -0.15) is 5.26 Å². The quantitative estimate of drug-likeness (QED) is 0.804. The molecule has 0 aliphatic heterocycles. The van der Waals surface area contributed by atoms with Crippen LogP contribution in [0.1, 0.15) is 5.56 Å². The van der Waals surface area contributed by atoms with E-state index in [1.165, 1.54) is 6.07 Å². The highest BCUT2D eigenvalue weighted by Crippen LogP contribution is 2.25. The Labute approximate surface area is 116 Å². The Bertz CT molecular complexity index is 635. The molecule has 0 unspecified atom stereocenters. The summed E-state index contributed by atoms with van der Waals surface area (Å²) in [4.78, 5) is 6.00. The van der Waals surface area contributed by atoms with Gasteiger partial charge in [-0.3, -0.25) is 0 Å². The second kappa shape index (κ2) is 5.59. The third-order valence-corrected chi connectivity index (χ3v) is 2.65. The molecule has 0 saturated heterocycles. The van der Waals surface area contributed by atoms with Crippen LogP contribution < -0.4 is 9.64 Å². The molecule has 2 rings (SSSR count). The van der Waals surface area contributed by atoms with E-state index in [1.807, 2.05) is 49.3 Å². The number of rotatable bonds is 3. The highest BCUT2D eigenvalue weighted by molar-refractivity contribution is 6.29. The van der Waals surface area contributed by atoms with E-state index in [0.29, 0.717) is 17.2 Å². The van der Waals surface area contributed by atoms with Crippen molar-refractivity contribution in [3.05, 3.63) is 47.1 Å². The van der Waals surface area contributed by atoms with Crippen molar-refractivity contribution in [3.63, 3.8) is 0 Å². The minimum atomic E-state index is 0.234. The largest absolute Gasteiger partial charge is 0.439 e. The van der Waals surface area contributed by atoms with Crippen LogP contribution in [0, 0.1) is 11.3 Å². The van der Waals surface area contributed by atoms with Crippen LogP contribution in [0.5, 0.6) is 11.6 Å². The van der Waals surface area contributed by atoms with Crippen molar-refractivity contribution in [3.8, 4) is 17.7 Å². The molecule has 0 aliphatic carbocycles. The monoisotopic (exact) mass is 273 g/mol. The number of nitrogens with zero attached hydrogens (tertiary/aromatic N) is 3. The lowest BCUT2D eigenvalue weighted by Crippen LogP contribution is -2.08. The molecule has 0 spiro atoms. The molecule has 4 nitrogen and oxygen atoms in total. The van der Waals surface area contributed by atoms with Crippen molar-refractivity contribution in [1.82, 2.24) is 4.98 Å². The van der Waals surface area contributed by atoms with Gasteiger partial charge in [-0.25, -0.2) is 4.98 Å². The number of ether oxygens (including phenoxy) is 1. The molecule has 0 radical (unpaired) electrons. The maximum Gasteiger partial charge on any atom is 0.221 e. The Kier molecular flexibility index (Phi) is 3.88. The van der Waals surface area contributed by atoms with Gasteiger partial charge in [-0.15, -0.1) is 0 Å². The molecule has 5 heteroatoms. The third-order valence-electron chi connectivity index (χ3n) is 2.46. The molecule has 1 aromatic heterocycles. The first kappa shape index (κ1) is 13.2. The number of nitriles is 1. The molecule has 0 saturated carbocycles. The molecule has 0 aliphatic rings. The van der Waals surface area contributed by atoms with Crippen LogP contribution in [0.15, 0.2) is 36.4 Å². The number of pyridine rings is 1. The Balaban J connectivity index is 2.28. The summed E-state index contributed by atoms with van der Waals surface area (Å²) in [5.41, 5.74) is 1.43. The maximum absolute atomic E-state index is 8.87. The van der Waals surface area contributed by atoms with Crippen LogP contribution in [0.2, 0.25) is 5.15 Å². The SMILES string of the molecule is CN(C)c1cccc(Oc2cc(C#N)cc(Cl)n2)c1. The Hall–Kier alpha value is -2.25. The Morgan fingerprint density at radius 1 is 1.26 bits per heavy atom. The summed E-state index contributed by atoms with van der Waals surface area (Å²) in [6.07, 6.45) is 0. The summed E-state index contributed by atoms with van der Waals surface area (Å²) in [5, 5.41) is 9.10. The number of hydrogen-bond donors (Lipinski definition) is 0. The molecular formula is C14H12ClN3O. The van der Waals surface area contributed by atoms with Gasteiger partial charge < -0.3 is 9.64 Å². The van der Waals surface area contributed by atoms with E-state index < -0.39 is 0 Å². The molecule has 19 heavy (non-hydrogen) atoms. The van der Waals surface area contributed by atoms with E-state index in [0.717, 1.165) is 5.69 Å². The maximum atomic E-state index is 8.87. The summed E-state index contributed by atoms with van der Waals surface area (Å²) in [7, 11) is 3.90. The van der Waals surface area contributed by atoms with E-state index in [9.17, 15) is 0 Å². The fourth-order valence-electron chi connectivity index (χ4n) is 1.54. The van der Waals surface area contributed by atoms with Gasteiger partial charge in [-0.05, 0) is 18.2 Å². The molecule has 0 fully saturated rings. The van der Waals surface area contributed by atoms with Crippen molar-refractivity contribution in [1.29, 1.82) is 5.26 Å². The van der Waals surface area contributed by atoms with Crippen molar-refractivity contribution < 1.29 is 4.74 Å². The summed E-state index contributed by atoms with van der Waals surface area (Å²) in [6, 6.07) is 12.6. The van der Waals surface area contributed by atoms with Gasteiger partial charge in [0.2, 0.25) is 5.88 Å². The Morgan fingerprint density at radius 3 is 2.74 bits per heavy atom. The zero-order chi connectivity index (χ0) is 13.8. The van der Waals surface area contributed by atoms with Gasteiger partial charge in [0.05, 0.1) is 11.6 Å². The van der Waals surface area contributed by atoms with Crippen LogP contribution in [-0.2, 0) is 0 Å². The second-order valence-electron chi connectivity index (χ2n) is 4.12. The normalized spacial score (nSPS) is 9.79. The number of anilines is 1. The summed E-state index contributed by atoms with van der Waals surface area (Å²) >= 11 is 5.83. The van der Waals surface area contributed by atoms with Gasteiger partial charge in [0.1, 0.15) is 10.9 Å². The highest BCUT2D eigenvalue weighted by Gasteiger charge is 2.05. The summed E-state index contributed by atoms with van der Waals surface area (Å²) < 4.78 is 5.62. The molecular weight excluding hydrogens is 262 g/mol. The van der Waals surface area contributed by atoms with Crippen molar-refractivity contribution in [2.45, 2.75) is 0 Å². The second-order valence-corrected chi connectivity index (χ2v) is 4.51. The molecule has 96 valence electrons. The Morgan fingerprint density at radius 2 is 2.05 bits per heavy atom. The topological polar surface area (TPSA) is 49.1 Å². The first-order chi connectivity index (χ1) is 9.08. The molecule has 2 aromatic rings. The van der Waals surface area contributed by atoms with E-state index in [2.05, 4.69) is 4.98 Å². The molecule has 0 N–H and O–H groups in total. The minimum Gasteiger partial charge on any atom is -0.439 e. The average Bonchev–Trinajstić information content (AvgIpc) is 2.38. The van der Waals surface area contributed by atoms with Crippen LogP contribution in [0.3, 0.4) is 0 Å². The van der Waals surface area contributed by atoms with Gasteiger partial charge in [-0.1, -0.05) is 17.7 Å². The average molecular weight is 274 g/mol. The molecule has 1 aromatic carbocycles. The van der Waals surface area contributed by atoms with E-state index >= 15 is 0 Å². The molecule has 0 bridgehead atoms. The summed E-state index contributed by atoms with van der Waals surface area (Å²) in [5.74, 6) is 0.949. The standard InChI is InChI=1S/C14H12ClN3O/c1-18(2)11-4-3-5-12(8-11)19-14-7-10(9-16)6-13(15)17-14/h3-8H,1-2H3. The fourth-order valence-corrected chi connectivity index (χ4v) is 1.74. The lowest BCUT2D eigenvalue weighted by Gasteiger charge is -2.13. The zero-order valence-corrected chi connectivity index (χ0v) is 11.3. The summed E-state index contributed by atoms with van der Waals surface area (Å²) in [6.45, 7) is 0. The highest BCUT2D eigenvalue weighted by atomic mass is 35.5. The van der Waals surface area contributed by atoms with E-state index in [1.54, 1.807) is 6.07 Å². The first-order valence-corrected chi connectivity index (χ1v) is 5.99. The fraction of sp³-hybridized carbons (Fsp3) is 0.143. The lowest BCUT2D eigenvalue weighted by atomic mass is 10.3. The van der Waals surface area contributed by atoms with E-state index in [-0.39, 0.29) is 5.15 Å². The van der Waals surface area contributed by atoms with Gasteiger partial charge in [0.25, 0.3) is 0 Å². The van der Waals surface area contributed by atoms with Gasteiger partial charge >= 0.3 is 0 Å². The molecule has 0 amide bonds.